The molecule has 2 N–H and O–H groups in total. The van der Waals surface area contributed by atoms with Gasteiger partial charge in [-0.25, -0.2) is 0 Å². The van der Waals surface area contributed by atoms with Crippen molar-refractivity contribution in [1.82, 2.24) is 10.2 Å². The van der Waals surface area contributed by atoms with Crippen LogP contribution in [0.5, 0.6) is 0 Å². The fraction of sp³-hybridized carbons (Fsp3) is 1.00. The molecule has 2 aliphatic rings. The molecule has 3 heteroatoms. The zero-order valence-electron chi connectivity index (χ0n) is 6.95. The van der Waals surface area contributed by atoms with Gasteiger partial charge in [-0.2, -0.15) is 0 Å². The summed E-state index contributed by atoms with van der Waals surface area (Å²) >= 11 is 0. The van der Waals surface area contributed by atoms with E-state index in [0.717, 1.165) is 26.2 Å². The van der Waals surface area contributed by atoms with Gasteiger partial charge in [-0.05, 0) is 7.05 Å². The lowest BCUT2D eigenvalue weighted by molar-refractivity contribution is -0.0322. The number of piperidine rings is 2. The average molecular weight is 156 g/mol. The van der Waals surface area contributed by atoms with E-state index in [1.54, 1.807) is 0 Å². The minimum atomic E-state index is -0.0487. The number of nitrogens with zero attached hydrogens (tertiary/aromatic N) is 1. The zero-order chi connectivity index (χ0) is 7.84. The highest BCUT2D eigenvalue weighted by Gasteiger charge is 2.36. The predicted molar refractivity (Wildman–Crippen MR) is 43.4 cm³/mol. The Bertz CT molecular complexity index is 137. The van der Waals surface area contributed by atoms with Crippen molar-refractivity contribution in [3.8, 4) is 0 Å². The molecule has 0 amide bonds. The van der Waals surface area contributed by atoms with Gasteiger partial charge in [-0.15, -0.1) is 0 Å². The maximum absolute atomic E-state index is 9.74. The summed E-state index contributed by atoms with van der Waals surface area (Å²) in [4.78, 5) is 2.32. The van der Waals surface area contributed by atoms with Crippen LogP contribution in [0.3, 0.4) is 0 Å². The van der Waals surface area contributed by atoms with Gasteiger partial charge < -0.3 is 15.3 Å². The molecule has 2 rings (SSSR count). The summed E-state index contributed by atoms with van der Waals surface area (Å²) in [5, 5.41) is 13.1. The lowest BCUT2D eigenvalue weighted by Crippen LogP contribution is -2.58. The van der Waals surface area contributed by atoms with Crippen molar-refractivity contribution in [2.24, 2.45) is 11.8 Å². The second-order valence-electron chi connectivity index (χ2n) is 3.89. The highest BCUT2D eigenvalue weighted by molar-refractivity contribution is 4.91. The highest BCUT2D eigenvalue weighted by atomic mass is 16.3. The predicted octanol–water partition coefficient (Wildman–Crippen LogP) is -0.872. The van der Waals surface area contributed by atoms with Crippen LogP contribution in [0.4, 0.5) is 0 Å². The summed E-state index contributed by atoms with van der Waals surface area (Å²) in [5.74, 6) is 0.931. The molecule has 2 heterocycles. The molecular formula is C8H16N2O. The van der Waals surface area contributed by atoms with E-state index < -0.39 is 0 Å². The third-order valence-corrected chi connectivity index (χ3v) is 2.87. The summed E-state index contributed by atoms with van der Waals surface area (Å²) in [6.07, 6.45) is -0.0487. The molecule has 0 aromatic rings. The van der Waals surface area contributed by atoms with Crippen molar-refractivity contribution < 1.29 is 5.11 Å². The number of aliphatic hydroxyl groups excluding tert-OH is 1. The van der Waals surface area contributed by atoms with Crippen molar-refractivity contribution >= 4 is 0 Å². The molecule has 0 aliphatic carbocycles. The van der Waals surface area contributed by atoms with Gasteiger partial charge in [0.05, 0.1) is 6.10 Å². The number of rotatable bonds is 0. The van der Waals surface area contributed by atoms with E-state index in [9.17, 15) is 5.11 Å². The van der Waals surface area contributed by atoms with Gasteiger partial charge in [0.2, 0.25) is 0 Å². The van der Waals surface area contributed by atoms with E-state index >= 15 is 0 Å². The molecule has 64 valence electrons. The normalized spacial score (nSPS) is 45.8. The SMILES string of the molecule is CN1CC2CNCC(C1)C2O. The van der Waals surface area contributed by atoms with Crippen LogP contribution in [0, 0.1) is 11.8 Å². The fourth-order valence-corrected chi connectivity index (χ4v) is 2.30. The van der Waals surface area contributed by atoms with Crippen molar-refractivity contribution in [3.63, 3.8) is 0 Å². The first-order chi connectivity index (χ1) is 5.27. The van der Waals surface area contributed by atoms with Crippen LogP contribution in [0.25, 0.3) is 0 Å². The van der Waals surface area contributed by atoms with Gasteiger partial charge in [0.25, 0.3) is 0 Å². The lowest BCUT2D eigenvalue weighted by atomic mass is 9.83. The Morgan fingerprint density at radius 1 is 1.27 bits per heavy atom. The quantitative estimate of drug-likeness (QED) is 0.478. The molecule has 0 saturated carbocycles. The first kappa shape index (κ1) is 7.53. The van der Waals surface area contributed by atoms with Crippen molar-refractivity contribution in [2.45, 2.75) is 6.10 Å². The number of aliphatic hydroxyl groups is 1. The molecule has 2 atom stereocenters. The lowest BCUT2D eigenvalue weighted by Gasteiger charge is -2.43. The third kappa shape index (κ3) is 1.28. The summed E-state index contributed by atoms with van der Waals surface area (Å²) < 4.78 is 0. The Morgan fingerprint density at radius 3 is 2.36 bits per heavy atom. The van der Waals surface area contributed by atoms with Gasteiger partial charge >= 0.3 is 0 Å². The van der Waals surface area contributed by atoms with Crippen LogP contribution in [0.1, 0.15) is 0 Å². The monoisotopic (exact) mass is 156 g/mol. The summed E-state index contributed by atoms with van der Waals surface area (Å²) in [6, 6.07) is 0. The average Bonchev–Trinajstić information content (AvgIpc) is 1.92. The van der Waals surface area contributed by atoms with E-state index in [2.05, 4.69) is 17.3 Å². The molecule has 2 fully saturated rings. The Morgan fingerprint density at radius 2 is 1.82 bits per heavy atom. The molecule has 0 aromatic carbocycles. The number of hydrogen-bond donors (Lipinski definition) is 2. The molecular weight excluding hydrogens is 140 g/mol. The van der Waals surface area contributed by atoms with Crippen molar-refractivity contribution in [1.29, 1.82) is 0 Å². The smallest absolute Gasteiger partial charge is 0.0645 e. The van der Waals surface area contributed by atoms with Crippen LogP contribution in [0.2, 0.25) is 0 Å². The Labute approximate surface area is 67.4 Å². The van der Waals surface area contributed by atoms with E-state index in [1.807, 2.05) is 0 Å². The van der Waals surface area contributed by atoms with Crippen LogP contribution in [0.15, 0.2) is 0 Å². The number of nitrogens with one attached hydrogen (secondary N) is 1. The maximum atomic E-state index is 9.74. The topological polar surface area (TPSA) is 35.5 Å². The number of likely N-dealkylation sites (tertiary alicyclic amines) is 1. The van der Waals surface area contributed by atoms with E-state index in [4.69, 9.17) is 0 Å². The van der Waals surface area contributed by atoms with Crippen LogP contribution < -0.4 is 5.32 Å². The molecule has 2 unspecified atom stereocenters. The van der Waals surface area contributed by atoms with E-state index in [-0.39, 0.29) is 6.10 Å². The molecule has 3 nitrogen and oxygen atoms in total. The Kier molecular flexibility index (Phi) is 1.87. The standard InChI is InChI=1S/C8H16N2O/c1-10-4-6-2-9-3-7(5-10)8(6)11/h6-9,11H,2-5H2,1H3. The molecule has 2 aliphatic heterocycles. The first-order valence-corrected chi connectivity index (χ1v) is 4.34. The van der Waals surface area contributed by atoms with Gasteiger partial charge in [0.1, 0.15) is 0 Å². The largest absolute Gasteiger partial charge is 0.392 e. The fourth-order valence-electron chi connectivity index (χ4n) is 2.30. The van der Waals surface area contributed by atoms with Crippen molar-refractivity contribution in [2.75, 3.05) is 33.2 Å². The molecule has 0 aromatic heterocycles. The van der Waals surface area contributed by atoms with Crippen LogP contribution in [-0.4, -0.2) is 49.3 Å². The molecule has 0 spiro atoms. The third-order valence-electron chi connectivity index (χ3n) is 2.87. The number of hydrogen-bond acceptors (Lipinski definition) is 3. The van der Waals surface area contributed by atoms with Crippen LogP contribution >= 0.6 is 0 Å². The molecule has 2 saturated heterocycles. The van der Waals surface area contributed by atoms with E-state index in [0.29, 0.717) is 11.8 Å². The van der Waals surface area contributed by atoms with Gasteiger partial charge in [-0.3, -0.25) is 0 Å². The van der Waals surface area contributed by atoms with Gasteiger partial charge in [-0.1, -0.05) is 0 Å². The maximum Gasteiger partial charge on any atom is 0.0645 e. The zero-order valence-corrected chi connectivity index (χ0v) is 6.95. The minimum Gasteiger partial charge on any atom is -0.392 e. The van der Waals surface area contributed by atoms with Crippen LogP contribution in [-0.2, 0) is 0 Å². The van der Waals surface area contributed by atoms with E-state index in [1.165, 1.54) is 0 Å². The summed E-state index contributed by atoms with van der Waals surface area (Å²) in [7, 11) is 2.14. The summed E-state index contributed by atoms with van der Waals surface area (Å²) in [6.45, 7) is 4.07. The molecule has 11 heavy (non-hydrogen) atoms. The highest BCUT2D eigenvalue weighted by Crippen LogP contribution is 2.23. The minimum absolute atomic E-state index is 0.0487. The Balaban J connectivity index is 2.07. The Hall–Kier alpha value is -0.120. The summed E-state index contributed by atoms with van der Waals surface area (Å²) in [5.41, 5.74) is 0. The number of fused-ring (bicyclic) bond motifs is 2. The van der Waals surface area contributed by atoms with Gasteiger partial charge in [0.15, 0.2) is 0 Å². The first-order valence-electron chi connectivity index (χ1n) is 4.34. The van der Waals surface area contributed by atoms with Gasteiger partial charge in [0, 0.05) is 38.0 Å². The molecule has 0 radical (unpaired) electrons. The molecule has 2 bridgehead atoms. The second kappa shape index (κ2) is 2.73. The van der Waals surface area contributed by atoms with Crippen molar-refractivity contribution in [3.05, 3.63) is 0 Å². The second-order valence-corrected chi connectivity index (χ2v) is 3.89.